The number of aromatic nitrogens is 2. The number of carbonyl (C=O) groups excluding carboxylic acids is 1. The van der Waals surface area contributed by atoms with Crippen LogP contribution in [0.4, 0.5) is 4.79 Å². The van der Waals surface area contributed by atoms with Crippen LogP contribution in [-0.2, 0) is 14.6 Å². The molecule has 0 radical (unpaired) electrons. The van der Waals surface area contributed by atoms with Crippen molar-refractivity contribution in [2.45, 2.75) is 51.2 Å². The summed E-state index contributed by atoms with van der Waals surface area (Å²) in [6, 6.07) is 3.11. The fraction of sp³-hybridized carbons (Fsp3) is 0.688. The van der Waals surface area contributed by atoms with E-state index in [9.17, 15) is 13.2 Å². The Morgan fingerprint density at radius 3 is 2.62 bits per heavy atom. The van der Waals surface area contributed by atoms with Crippen molar-refractivity contribution >= 4 is 15.9 Å². The van der Waals surface area contributed by atoms with Gasteiger partial charge < -0.3 is 9.64 Å². The van der Waals surface area contributed by atoms with Crippen molar-refractivity contribution < 1.29 is 17.9 Å². The predicted molar refractivity (Wildman–Crippen MR) is 89.4 cm³/mol. The third-order valence-electron chi connectivity index (χ3n) is 3.72. The van der Waals surface area contributed by atoms with Gasteiger partial charge >= 0.3 is 6.09 Å². The van der Waals surface area contributed by atoms with Gasteiger partial charge in [-0.15, -0.1) is 5.10 Å². The van der Waals surface area contributed by atoms with Crippen LogP contribution in [0.2, 0.25) is 0 Å². The lowest BCUT2D eigenvalue weighted by atomic mass is 10.0. The summed E-state index contributed by atoms with van der Waals surface area (Å²) < 4.78 is 30.3. The van der Waals surface area contributed by atoms with E-state index in [0.29, 0.717) is 18.8 Å². The molecular formula is C16H25N3O4S. The summed E-state index contributed by atoms with van der Waals surface area (Å²) >= 11 is 0. The summed E-state index contributed by atoms with van der Waals surface area (Å²) in [6.07, 6.45) is 1.14. The average molecular weight is 355 g/mol. The fourth-order valence-corrected chi connectivity index (χ4v) is 4.15. The van der Waals surface area contributed by atoms with Crippen LogP contribution in [0.1, 0.15) is 39.3 Å². The molecule has 0 N–H and O–H groups in total. The number of rotatable bonds is 3. The zero-order valence-electron chi connectivity index (χ0n) is 14.7. The smallest absolute Gasteiger partial charge is 0.410 e. The number of amides is 1. The van der Waals surface area contributed by atoms with E-state index in [-0.39, 0.29) is 22.8 Å². The monoisotopic (exact) mass is 355 g/mol. The second-order valence-corrected chi connectivity index (χ2v) is 9.21. The highest BCUT2D eigenvalue weighted by Gasteiger charge is 2.31. The van der Waals surface area contributed by atoms with Crippen molar-refractivity contribution in [1.29, 1.82) is 0 Å². The van der Waals surface area contributed by atoms with Gasteiger partial charge in [-0.05, 0) is 58.6 Å². The lowest BCUT2D eigenvalue weighted by molar-refractivity contribution is 0.0176. The van der Waals surface area contributed by atoms with E-state index in [0.717, 1.165) is 12.8 Å². The standard InChI is InChI=1S/C16H25N3O4S/c1-12-7-8-14(18-17-12)24(21,22)11-13-6-5-9-19(10-13)15(20)23-16(2,3)4/h7-8,13H,5-6,9-11H2,1-4H3/t13-/m0/s1. The van der Waals surface area contributed by atoms with Crippen LogP contribution in [0.3, 0.4) is 0 Å². The maximum atomic E-state index is 12.5. The maximum absolute atomic E-state index is 12.5. The first kappa shape index (κ1) is 18.6. The molecule has 1 atom stereocenters. The van der Waals surface area contributed by atoms with Crippen LogP contribution in [0, 0.1) is 12.8 Å². The van der Waals surface area contributed by atoms with Crippen LogP contribution in [0.25, 0.3) is 0 Å². The molecule has 0 spiro atoms. The van der Waals surface area contributed by atoms with Crippen molar-refractivity contribution in [3.05, 3.63) is 17.8 Å². The number of hydrogen-bond donors (Lipinski definition) is 0. The highest BCUT2D eigenvalue weighted by atomic mass is 32.2. The number of ether oxygens (including phenoxy) is 1. The van der Waals surface area contributed by atoms with Crippen molar-refractivity contribution in [2.75, 3.05) is 18.8 Å². The van der Waals surface area contributed by atoms with Crippen molar-refractivity contribution in [3.8, 4) is 0 Å². The number of aryl methyl sites for hydroxylation is 1. The Balaban J connectivity index is 2.02. The second-order valence-electron chi connectivity index (χ2n) is 7.23. The molecule has 1 aliphatic rings. The molecule has 1 saturated heterocycles. The molecule has 2 heterocycles. The molecule has 1 fully saturated rings. The lowest BCUT2D eigenvalue weighted by Gasteiger charge is -2.33. The van der Waals surface area contributed by atoms with Crippen LogP contribution in [0.15, 0.2) is 17.2 Å². The zero-order chi connectivity index (χ0) is 18.0. The van der Waals surface area contributed by atoms with E-state index < -0.39 is 15.4 Å². The van der Waals surface area contributed by atoms with Gasteiger partial charge in [0.05, 0.1) is 11.4 Å². The molecule has 0 unspecified atom stereocenters. The lowest BCUT2D eigenvalue weighted by Crippen LogP contribution is -2.44. The van der Waals surface area contributed by atoms with E-state index in [4.69, 9.17) is 4.74 Å². The van der Waals surface area contributed by atoms with Crippen LogP contribution < -0.4 is 0 Å². The Morgan fingerprint density at radius 1 is 1.33 bits per heavy atom. The third-order valence-corrected chi connectivity index (χ3v) is 5.48. The van der Waals surface area contributed by atoms with Gasteiger partial charge in [0.1, 0.15) is 5.60 Å². The van der Waals surface area contributed by atoms with Crippen LogP contribution in [0.5, 0.6) is 0 Å². The van der Waals surface area contributed by atoms with Gasteiger partial charge in [0.25, 0.3) is 0 Å². The van der Waals surface area contributed by atoms with Gasteiger partial charge in [0.15, 0.2) is 14.9 Å². The number of piperidine rings is 1. The molecule has 1 aliphatic heterocycles. The summed E-state index contributed by atoms with van der Waals surface area (Å²) in [6.45, 7) is 8.17. The van der Waals surface area contributed by atoms with E-state index in [1.807, 2.05) is 20.8 Å². The van der Waals surface area contributed by atoms with Gasteiger partial charge in [0.2, 0.25) is 0 Å². The Hall–Kier alpha value is -1.70. The molecular weight excluding hydrogens is 330 g/mol. The first-order valence-electron chi connectivity index (χ1n) is 8.08. The Labute approximate surface area is 143 Å². The summed E-state index contributed by atoms with van der Waals surface area (Å²) in [5, 5.41) is 7.57. The summed E-state index contributed by atoms with van der Waals surface area (Å²) in [7, 11) is -3.51. The topological polar surface area (TPSA) is 89.5 Å². The molecule has 8 heteroatoms. The largest absolute Gasteiger partial charge is 0.444 e. The quantitative estimate of drug-likeness (QED) is 0.826. The highest BCUT2D eigenvalue weighted by molar-refractivity contribution is 7.91. The van der Waals surface area contributed by atoms with E-state index in [1.165, 1.54) is 6.07 Å². The SMILES string of the molecule is Cc1ccc(S(=O)(=O)C[C@H]2CCCN(C(=O)OC(C)(C)C)C2)nn1. The Kier molecular flexibility index (Phi) is 5.47. The van der Waals surface area contributed by atoms with Crippen molar-refractivity contribution in [1.82, 2.24) is 15.1 Å². The van der Waals surface area contributed by atoms with Gasteiger partial charge in [-0.3, -0.25) is 0 Å². The number of likely N-dealkylation sites (tertiary alicyclic amines) is 1. The predicted octanol–water partition coefficient (Wildman–Crippen LogP) is 2.21. The van der Waals surface area contributed by atoms with E-state index in [1.54, 1.807) is 17.9 Å². The third kappa shape index (κ3) is 5.15. The minimum Gasteiger partial charge on any atom is -0.444 e. The Morgan fingerprint density at radius 2 is 2.04 bits per heavy atom. The molecule has 7 nitrogen and oxygen atoms in total. The normalized spacial score (nSPS) is 19.2. The molecule has 0 bridgehead atoms. The first-order valence-corrected chi connectivity index (χ1v) is 9.73. The van der Waals surface area contributed by atoms with Gasteiger partial charge in [-0.25, -0.2) is 13.2 Å². The number of hydrogen-bond acceptors (Lipinski definition) is 6. The Bertz CT molecular complexity index is 680. The number of sulfone groups is 1. The minimum atomic E-state index is -3.51. The maximum Gasteiger partial charge on any atom is 0.410 e. The summed E-state index contributed by atoms with van der Waals surface area (Å²) in [5.41, 5.74) is 0.107. The first-order chi connectivity index (χ1) is 11.1. The van der Waals surface area contributed by atoms with E-state index >= 15 is 0 Å². The summed E-state index contributed by atoms with van der Waals surface area (Å²) in [4.78, 5) is 13.8. The van der Waals surface area contributed by atoms with Crippen LogP contribution >= 0.6 is 0 Å². The van der Waals surface area contributed by atoms with Gasteiger partial charge in [-0.1, -0.05) is 0 Å². The molecule has 0 aliphatic carbocycles. The second kappa shape index (κ2) is 7.04. The minimum absolute atomic E-state index is 0.0116. The van der Waals surface area contributed by atoms with Crippen molar-refractivity contribution in [3.63, 3.8) is 0 Å². The number of nitrogens with zero attached hydrogens (tertiary/aromatic N) is 3. The number of carbonyl (C=O) groups is 1. The van der Waals surface area contributed by atoms with Crippen molar-refractivity contribution in [2.24, 2.45) is 5.92 Å². The summed E-state index contributed by atoms with van der Waals surface area (Å²) in [5.74, 6) is -0.163. The molecule has 1 amide bonds. The molecule has 0 aromatic carbocycles. The molecule has 134 valence electrons. The highest BCUT2D eigenvalue weighted by Crippen LogP contribution is 2.22. The molecule has 24 heavy (non-hydrogen) atoms. The fourth-order valence-electron chi connectivity index (χ4n) is 2.64. The molecule has 2 rings (SSSR count). The van der Waals surface area contributed by atoms with Gasteiger partial charge in [0, 0.05) is 13.1 Å². The molecule has 0 saturated carbocycles. The van der Waals surface area contributed by atoms with E-state index in [2.05, 4.69) is 10.2 Å². The van der Waals surface area contributed by atoms with Gasteiger partial charge in [-0.2, -0.15) is 5.10 Å². The molecule has 1 aromatic heterocycles. The average Bonchev–Trinajstić information content (AvgIpc) is 2.45. The molecule has 1 aromatic rings. The zero-order valence-corrected chi connectivity index (χ0v) is 15.5. The van der Waals surface area contributed by atoms with Crippen LogP contribution in [-0.4, -0.2) is 54.1 Å².